The fraction of sp³-hybridized carbons (Fsp3) is 0.625. The molecule has 0 amide bonds. The molecule has 4 nitrogen and oxygen atoms in total. The summed E-state index contributed by atoms with van der Waals surface area (Å²) in [5.41, 5.74) is 13.8. The van der Waals surface area contributed by atoms with Gasteiger partial charge in [0.1, 0.15) is 0 Å². The van der Waals surface area contributed by atoms with Crippen molar-refractivity contribution in [2.75, 3.05) is 39.3 Å². The van der Waals surface area contributed by atoms with Gasteiger partial charge in [0.25, 0.3) is 0 Å². The molecule has 1 rings (SSSR count). The van der Waals surface area contributed by atoms with Crippen molar-refractivity contribution in [2.45, 2.75) is 27.3 Å². The van der Waals surface area contributed by atoms with Gasteiger partial charge in [0.05, 0.1) is 0 Å². The van der Waals surface area contributed by atoms with Crippen molar-refractivity contribution >= 4 is 0 Å². The Hall–Kier alpha value is -0.940. The zero-order chi connectivity index (χ0) is 15.2. The van der Waals surface area contributed by atoms with Gasteiger partial charge in [0.2, 0.25) is 0 Å². The molecule has 0 radical (unpaired) electrons. The molecule has 0 bridgehead atoms. The highest BCUT2D eigenvalue weighted by Gasteiger charge is 2.01. The summed E-state index contributed by atoms with van der Waals surface area (Å²) in [6.45, 7) is 12.2. The lowest BCUT2D eigenvalue weighted by Crippen LogP contribution is -2.38. The van der Waals surface area contributed by atoms with E-state index in [1.165, 1.54) is 11.1 Å². The first-order valence-corrected chi connectivity index (χ1v) is 7.65. The van der Waals surface area contributed by atoms with Gasteiger partial charge < -0.3 is 16.8 Å². The molecule has 116 valence electrons. The van der Waals surface area contributed by atoms with Crippen molar-refractivity contribution in [1.82, 2.24) is 10.2 Å². The van der Waals surface area contributed by atoms with Crippen molar-refractivity contribution in [3.63, 3.8) is 0 Å². The lowest BCUT2D eigenvalue weighted by molar-refractivity contribution is 0.287. The van der Waals surface area contributed by atoms with Crippen molar-refractivity contribution in [1.29, 1.82) is 0 Å². The summed E-state index contributed by atoms with van der Waals surface area (Å²) in [5.74, 6) is 0. The number of aryl methyl sites for hydroxylation is 1. The lowest BCUT2D eigenvalue weighted by atomic mass is 10.1. The molecule has 0 aliphatic carbocycles. The molecule has 0 aliphatic heterocycles. The minimum Gasteiger partial charge on any atom is -0.329 e. The molecule has 0 spiro atoms. The Balaban J connectivity index is 0.00000172. The van der Waals surface area contributed by atoms with Crippen LogP contribution in [0, 0.1) is 6.92 Å². The van der Waals surface area contributed by atoms with Gasteiger partial charge in [-0.25, -0.2) is 0 Å². The zero-order valence-electron chi connectivity index (χ0n) is 13.4. The molecule has 5 N–H and O–H groups in total. The fourth-order valence-corrected chi connectivity index (χ4v) is 1.88. The molecule has 1 aromatic rings. The van der Waals surface area contributed by atoms with Crippen LogP contribution in [0.1, 0.15) is 25.0 Å². The Morgan fingerprint density at radius 3 is 2.00 bits per heavy atom. The van der Waals surface area contributed by atoms with Crippen LogP contribution in [-0.2, 0) is 6.54 Å². The van der Waals surface area contributed by atoms with Gasteiger partial charge in [-0.1, -0.05) is 43.7 Å². The molecular weight excluding hydrogens is 248 g/mol. The maximum atomic E-state index is 5.57. The predicted octanol–water partition coefficient (Wildman–Crippen LogP) is 1.33. The number of nitrogens with two attached hydrogens (primary N) is 2. The van der Waals surface area contributed by atoms with Crippen molar-refractivity contribution in [3.05, 3.63) is 35.4 Å². The van der Waals surface area contributed by atoms with Crippen LogP contribution in [-0.4, -0.2) is 44.2 Å². The SMILES string of the molecule is CC.Cc1ccc(CNCCN(CCN)CCN)cc1. The van der Waals surface area contributed by atoms with Gasteiger partial charge in [0, 0.05) is 45.8 Å². The highest BCUT2D eigenvalue weighted by Crippen LogP contribution is 2.02. The van der Waals surface area contributed by atoms with Crippen LogP contribution in [0.3, 0.4) is 0 Å². The second-order valence-electron chi connectivity index (χ2n) is 4.58. The van der Waals surface area contributed by atoms with Crippen LogP contribution in [0.2, 0.25) is 0 Å². The first-order valence-electron chi connectivity index (χ1n) is 7.65. The fourth-order valence-electron chi connectivity index (χ4n) is 1.88. The molecule has 0 atom stereocenters. The third-order valence-electron chi connectivity index (χ3n) is 2.95. The van der Waals surface area contributed by atoms with Crippen molar-refractivity contribution in [2.24, 2.45) is 11.5 Å². The number of hydrogen-bond donors (Lipinski definition) is 3. The molecule has 0 heterocycles. The second-order valence-corrected chi connectivity index (χ2v) is 4.58. The van der Waals surface area contributed by atoms with E-state index in [2.05, 4.69) is 41.4 Å². The van der Waals surface area contributed by atoms with E-state index in [1.807, 2.05) is 13.8 Å². The Morgan fingerprint density at radius 2 is 1.50 bits per heavy atom. The molecule has 0 aliphatic rings. The van der Waals surface area contributed by atoms with E-state index in [-0.39, 0.29) is 0 Å². The van der Waals surface area contributed by atoms with Crippen LogP contribution in [0.5, 0.6) is 0 Å². The summed E-state index contributed by atoms with van der Waals surface area (Å²) in [4.78, 5) is 2.29. The van der Waals surface area contributed by atoms with Crippen molar-refractivity contribution < 1.29 is 0 Å². The van der Waals surface area contributed by atoms with Crippen LogP contribution in [0.25, 0.3) is 0 Å². The Kier molecular flexibility index (Phi) is 12.4. The minimum absolute atomic E-state index is 0.692. The molecule has 20 heavy (non-hydrogen) atoms. The Bertz CT molecular complexity index is 305. The van der Waals surface area contributed by atoms with Crippen LogP contribution >= 0.6 is 0 Å². The summed E-state index contributed by atoms with van der Waals surface area (Å²) in [7, 11) is 0. The molecule has 4 heteroatoms. The maximum Gasteiger partial charge on any atom is 0.0206 e. The van der Waals surface area contributed by atoms with E-state index in [0.717, 1.165) is 32.7 Å². The molecule has 0 fully saturated rings. The molecule has 0 saturated heterocycles. The molecule has 1 aromatic carbocycles. The minimum atomic E-state index is 0.692. The first-order chi connectivity index (χ1) is 9.76. The number of nitrogens with zero attached hydrogens (tertiary/aromatic N) is 1. The largest absolute Gasteiger partial charge is 0.329 e. The van der Waals surface area contributed by atoms with Crippen LogP contribution in [0.4, 0.5) is 0 Å². The molecular formula is C16H32N4. The van der Waals surface area contributed by atoms with Crippen LogP contribution in [0.15, 0.2) is 24.3 Å². The maximum absolute atomic E-state index is 5.57. The van der Waals surface area contributed by atoms with E-state index in [9.17, 15) is 0 Å². The molecule has 0 aromatic heterocycles. The highest BCUT2D eigenvalue weighted by atomic mass is 15.1. The van der Waals surface area contributed by atoms with Gasteiger partial charge in [0.15, 0.2) is 0 Å². The molecule has 0 unspecified atom stereocenters. The van der Waals surface area contributed by atoms with Crippen LogP contribution < -0.4 is 16.8 Å². The Morgan fingerprint density at radius 1 is 0.950 bits per heavy atom. The normalized spacial score (nSPS) is 10.3. The summed E-state index contributed by atoms with van der Waals surface area (Å²) in [5, 5.41) is 3.45. The lowest BCUT2D eigenvalue weighted by Gasteiger charge is -2.20. The first kappa shape index (κ1) is 19.1. The average molecular weight is 280 g/mol. The third-order valence-corrected chi connectivity index (χ3v) is 2.95. The van der Waals surface area contributed by atoms with E-state index < -0.39 is 0 Å². The highest BCUT2D eigenvalue weighted by molar-refractivity contribution is 5.20. The predicted molar refractivity (Wildman–Crippen MR) is 88.8 cm³/mol. The second kappa shape index (κ2) is 13.1. The van der Waals surface area contributed by atoms with E-state index in [4.69, 9.17) is 11.5 Å². The van der Waals surface area contributed by atoms with E-state index in [0.29, 0.717) is 13.1 Å². The van der Waals surface area contributed by atoms with E-state index >= 15 is 0 Å². The van der Waals surface area contributed by atoms with Crippen molar-refractivity contribution in [3.8, 4) is 0 Å². The quantitative estimate of drug-likeness (QED) is 0.597. The smallest absolute Gasteiger partial charge is 0.0206 e. The van der Waals surface area contributed by atoms with E-state index in [1.54, 1.807) is 0 Å². The number of benzene rings is 1. The van der Waals surface area contributed by atoms with Gasteiger partial charge in [-0.2, -0.15) is 0 Å². The number of rotatable bonds is 9. The topological polar surface area (TPSA) is 67.3 Å². The van der Waals surface area contributed by atoms with Gasteiger partial charge >= 0.3 is 0 Å². The Labute approximate surface area is 124 Å². The summed E-state index contributed by atoms with van der Waals surface area (Å²) >= 11 is 0. The average Bonchev–Trinajstić information content (AvgIpc) is 2.48. The standard InChI is InChI=1S/C14H26N4.C2H6/c1-13-2-4-14(5-3-13)12-17-8-11-18(9-6-15)10-7-16;1-2/h2-5,17H,6-12,15-16H2,1H3;1-2H3. The number of nitrogens with one attached hydrogen (secondary N) is 1. The van der Waals surface area contributed by atoms with Gasteiger partial charge in [-0.15, -0.1) is 0 Å². The molecule has 0 saturated carbocycles. The van der Waals surface area contributed by atoms with Gasteiger partial charge in [-0.05, 0) is 12.5 Å². The summed E-state index contributed by atoms with van der Waals surface area (Å²) in [6.07, 6.45) is 0. The third kappa shape index (κ3) is 9.04. The number of hydrogen-bond acceptors (Lipinski definition) is 4. The monoisotopic (exact) mass is 280 g/mol. The van der Waals surface area contributed by atoms with Gasteiger partial charge in [-0.3, -0.25) is 4.90 Å². The summed E-state index contributed by atoms with van der Waals surface area (Å²) in [6, 6.07) is 8.62. The summed E-state index contributed by atoms with van der Waals surface area (Å²) < 4.78 is 0. The zero-order valence-corrected chi connectivity index (χ0v) is 13.4.